The fourth-order valence-electron chi connectivity index (χ4n) is 2.15. The highest BCUT2D eigenvalue weighted by molar-refractivity contribution is 6.39. The van der Waals surface area contributed by atoms with Gasteiger partial charge in [0.2, 0.25) is 0 Å². The molecule has 0 spiro atoms. The van der Waals surface area contributed by atoms with Crippen molar-refractivity contribution in [2.45, 2.75) is 26.4 Å². The number of nitrogens with one attached hydrogen (secondary N) is 2. The SMILES string of the molecule is CCC(C)C(O)CNC(=O)C(=O)Nc1cc(-c2ccco2)ccc1F. The number of aliphatic hydroxyl groups excluding tert-OH is 1. The van der Waals surface area contributed by atoms with Crippen LogP contribution in [0.1, 0.15) is 20.3 Å². The molecule has 2 atom stereocenters. The lowest BCUT2D eigenvalue weighted by Gasteiger charge is -2.17. The van der Waals surface area contributed by atoms with Crippen LogP contribution in [-0.4, -0.2) is 29.6 Å². The molecule has 1 aromatic heterocycles. The van der Waals surface area contributed by atoms with E-state index in [1.165, 1.54) is 24.5 Å². The molecule has 2 rings (SSSR count). The van der Waals surface area contributed by atoms with E-state index in [2.05, 4.69) is 10.6 Å². The Labute approximate surface area is 145 Å². The van der Waals surface area contributed by atoms with Crippen LogP contribution >= 0.6 is 0 Å². The minimum absolute atomic E-state index is 0.00853. The van der Waals surface area contributed by atoms with Gasteiger partial charge in [-0.05, 0) is 36.2 Å². The number of furan rings is 1. The largest absolute Gasteiger partial charge is 0.464 e. The van der Waals surface area contributed by atoms with Gasteiger partial charge in [-0.15, -0.1) is 0 Å². The lowest BCUT2D eigenvalue weighted by Crippen LogP contribution is -2.41. The topological polar surface area (TPSA) is 91.6 Å². The van der Waals surface area contributed by atoms with E-state index in [0.717, 1.165) is 6.42 Å². The Morgan fingerprint density at radius 1 is 1.28 bits per heavy atom. The van der Waals surface area contributed by atoms with E-state index in [0.29, 0.717) is 11.3 Å². The predicted molar refractivity (Wildman–Crippen MR) is 91.2 cm³/mol. The van der Waals surface area contributed by atoms with Crippen molar-refractivity contribution in [1.82, 2.24) is 5.32 Å². The van der Waals surface area contributed by atoms with Crippen molar-refractivity contribution >= 4 is 17.5 Å². The van der Waals surface area contributed by atoms with Crippen LogP contribution in [-0.2, 0) is 9.59 Å². The van der Waals surface area contributed by atoms with Gasteiger partial charge in [-0.1, -0.05) is 20.3 Å². The predicted octanol–water partition coefficient (Wildman–Crippen LogP) is 2.55. The molecule has 2 amide bonds. The first-order chi connectivity index (χ1) is 11.9. The summed E-state index contributed by atoms with van der Waals surface area (Å²) in [5, 5.41) is 14.4. The summed E-state index contributed by atoms with van der Waals surface area (Å²) in [7, 11) is 0. The third-order valence-electron chi connectivity index (χ3n) is 4.00. The first-order valence-corrected chi connectivity index (χ1v) is 8.03. The number of amides is 2. The Morgan fingerprint density at radius 2 is 2.04 bits per heavy atom. The Bertz CT molecular complexity index is 731. The van der Waals surface area contributed by atoms with E-state index < -0.39 is 23.7 Å². The molecule has 1 heterocycles. The standard InChI is InChI=1S/C18H21FN2O4/c1-3-11(2)15(22)10-20-17(23)18(24)21-14-9-12(6-7-13(14)19)16-5-4-8-25-16/h4-9,11,15,22H,3,10H2,1-2H3,(H,20,23)(H,21,24). The minimum Gasteiger partial charge on any atom is -0.464 e. The highest BCUT2D eigenvalue weighted by Crippen LogP contribution is 2.25. The molecule has 6 nitrogen and oxygen atoms in total. The van der Waals surface area contributed by atoms with E-state index in [1.54, 1.807) is 12.1 Å². The fraction of sp³-hybridized carbons (Fsp3) is 0.333. The van der Waals surface area contributed by atoms with Gasteiger partial charge in [-0.3, -0.25) is 9.59 Å². The number of carbonyl (C=O) groups is 2. The van der Waals surface area contributed by atoms with Crippen LogP contribution in [0.3, 0.4) is 0 Å². The number of aliphatic hydroxyl groups is 1. The zero-order valence-corrected chi connectivity index (χ0v) is 14.1. The molecule has 0 aliphatic rings. The Kier molecular flexibility index (Phi) is 6.30. The van der Waals surface area contributed by atoms with Crippen LogP contribution in [0.15, 0.2) is 41.0 Å². The number of benzene rings is 1. The maximum Gasteiger partial charge on any atom is 0.313 e. The summed E-state index contributed by atoms with van der Waals surface area (Å²) in [4.78, 5) is 23.7. The van der Waals surface area contributed by atoms with Gasteiger partial charge in [0.1, 0.15) is 11.6 Å². The summed E-state index contributed by atoms with van der Waals surface area (Å²) in [6.07, 6.45) is 1.47. The monoisotopic (exact) mass is 348 g/mol. The molecule has 2 aromatic rings. The van der Waals surface area contributed by atoms with Crippen LogP contribution < -0.4 is 10.6 Å². The second-order valence-corrected chi connectivity index (χ2v) is 5.79. The van der Waals surface area contributed by atoms with Gasteiger partial charge in [0, 0.05) is 12.1 Å². The molecule has 3 N–H and O–H groups in total. The highest BCUT2D eigenvalue weighted by atomic mass is 19.1. The first-order valence-electron chi connectivity index (χ1n) is 8.03. The van der Waals surface area contributed by atoms with Gasteiger partial charge >= 0.3 is 11.8 Å². The van der Waals surface area contributed by atoms with Gasteiger partial charge < -0.3 is 20.2 Å². The Balaban J connectivity index is 2.00. The Hall–Kier alpha value is -2.67. The van der Waals surface area contributed by atoms with E-state index in [4.69, 9.17) is 4.42 Å². The first kappa shape index (κ1) is 18.7. The number of anilines is 1. The Morgan fingerprint density at radius 3 is 2.68 bits per heavy atom. The molecule has 0 aliphatic heterocycles. The molecule has 0 saturated heterocycles. The summed E-state index contributed by atoms with van der Waals surface area (Å²) in [6, 6.07) is 7.45. The fourth-order valence-corrected chi connectivity index (χ4v) is 2.15. The summed E-state index contributed by atoms with van der Waals surface area (Å²) in [5.74, 6) is -2.12. The molecule has 25 heavy (non-hydrogen) atoms. The molecule has 1 aromatic carbocycles. The van der Waals surface area contributed by atoms with E-state index in [1.807, 2.05) is 13.8 Å². The molecule has 0 saturated carbocycles. The molecule has 0 bridgehead atoms. The van der Waals surface area contributed by atoms with Gasteiger partial charge in [0.15, 0.2) is 0 Å². The number of rotatable bonds is 6. The summed E-state index contributed by atoms with van der Waals surface area (Å²) < 4.78 is 19.1. The average molecular weight is 348 g/mol. The van der Waals surface area contributed by atoms with Crippen LogP contribution in [0, 0.1) is 11.7 Å². The maximum absolute atomic E-state index is 13.9. The van der Waals surface area contributed by atoms with Crippen LogP contribution in [0.2, 0.25) is 0 Å². The van der Waals surface area contributed by atoms with Crippen molar-refractivity contribution in [2.24, 2.45) is 5.92 Å². The summed E-state index contributed by atoms with van der Waals surface area (Å²) in [6.45, 7) is 3.71. The molecular weight excluding hydrogens is 327 g/mol. The molecule has 2 unspecified atom stereocenters. The zero-order chi connectivity index (χ0) is 18.4. The normalized spacial score (nSPS) is 13.1. The van der Waals surface area contributed by atoms with Crippen molar-refractivity contribution in [3.05, 3.63) is 42.4 Å². The van der Waals surface area contributed by atoms with Crippen molar-refractivity contribution < 1.29 is 23.5 Å². The molecule has 134 valence electrons. The lowest BCUT2D eigenvalue weighted by atomic mass is 10.0. The van der Waals surface area contributed by atoms with Crippen molar-refractivity contribution in [3.63, 3.8) is 0 Å². The molecule has 0 fully saturated rings. The number of carbonyl (C=O) groups excluding carboxylic acids is 2. The zero-order valence-electron chi connectivity index (χ0n) is 14.1. The van der Waals surface area contributed by atoms with E-state index >= 15 is 0 Å². The third kappa shape index (κ3) is 4.90. The van der Waals surface area contributed by atoms with Crippen LogP contribution in [0.5, 0.6) is 0 Å². The number of hydrogen-bond acceptors (Lipinski definition) is 4. The molecule has 7 heteroatoms. The second kappa shape index (κ2) is 8.43. The summed E-state index contributed by atoms with van der Waals surface area (Å²) >= 11 is 0. The van der Waals surface area contributed by atoms with Crippen molar-refractivity contribution in [3.8, 4) is 11.3 Å². The quantitative estimate of drug-likeness (QED) is 0.700. The molecule has 0 aliphatic carbocycles. The minimum atomic E-state index is -1.01. The van der Waals surface area contributed by atoms with E-state index in [-0.39, 0.29) is 18.2 Å². The summed E-state index contributed by atoms with van der Waals surface area (Å²) in [5.41, 5.74) is 0.436. The number of hydrogen-bond donors (Lipinski definition) is 3. The average Bonchev–Trinajstić information content (AvgIpc) is 3.14. The van der Waals surface area contributed by atoms with Crippen molar-refractivity contribution in [1.29, 1.82) is 0 Å². The highest BCUT2D eigenvalue weighted by Gasteiger charge is 2.19. The van der Waals surface area contributed by atoms with Gasteiger partial charge in [-0.25, -0.2) is 4.39 Å². The molecule has 0 radical (unpaired) electrons. The van der Waals surface area contributed by atoms with Crippen LogP contribution in [0.25, 0.3) is 11.3 Å². The molecular formula is C18H21FN2O4. The second-order valence-electron chi connectivity index (χ2n) is 5.79. The van der Waals surface area contributed by atoms with Gasteiger partial charge in [0.25, 0.3) is 0 Å². The van der Waals surface area contributed by atoms with Crippen LogP contribution in [0.4, 0.5) is 10.1 Å². The van der Waals surface area contributed by atoms with Crippen molar-refractivity contribution in [2.75, 3.05) is 11.9 Å². The smallest absolute Gasteiger partial charge is 0.313 e. The third-order valence-corrected chi connectivity index (χ3v) is 4.00. The number of halogens is 1. The van der Waals surface area contributed by atoms with Gasteiger partial charge in [-0.2, -0.15) is 0 Å². The van der Waals surface area contributed by atoms with Gasteiger partial charge in [0.05, 0.1) is 18.1 Å². The van der Waals surface area contributed by atoms with E-state index in [9.17, 15) is 19.1 Å². The lowest BCUT2D eigenvalue weighted by molar-refractivity contribution is -0.136. The maximum atomic E-state index is 13.9.